The van der Waals surface area contributed by atoms with Crippen molar-refractivity contribution in [1.29, 1.82) is 0 Å². The van der Waals surface area contributed by atoms with Gasteiger partial charge < -0.3 is 19.7 Å². The number of carbonyl (C=O) groups is 2. The molecular weight excluding hydrogens is 418 g/mol. The monoisotopic (exact) mass is 445 g/mol. The number of carbonyl (C=O) groups excluding carboxylic acids is 2. The van der Waals surface area contributed by atoms with Crippen LogP contribution < -0.4 is 14.8 Å². The van der Waals surface area contributed by atoms with Crippen molar-refractivity contribution in [2.45, 2.75) is 25.8 Å². The second-order valence-corrected chi connectivity index (χ2v) is 7.99. The number of anilines is 1. The Kier molecular flexibility index (Phi) is 7.76. The molecule has 2 aromatic rings. The second kappa shape index (κ2) is 10.5. The van der Waals surface area contributed by atoms with Crippen LogP contribution in [0, 0.1) is 0 Å². The highest BCUT2D eigenvalue weighted by Crippen LogP contribution is 2.33. The molecule has 1 aliphatic rings. The number of hydrogen-bond acceptors (Lipinski definition) is 5. The molecule has 1 saturated heterocycles. The molecule has 7 nitrogen and oxygen atoms in total. The Bertz CT molecular complexity index is 918. The highest BCUT2D eigenvalue weighted by molar-refractivity contribution is 6.31. The van der Waals surface area contributed by atoms with E-state index in [1.165, 1.54) is 0 Å². The fourth-order valence-corrected chi connectivity index (χ4v) is 3.73. The standard InChI is InChI=1S/C23H28ClN3O4/c1-4-30-17-8-10-18(11-9-17)31-21-12-7-16(24)14-19(21)25-22(28)15-27-13-5-6-20(27)23(29)26(2)3/h7-12,14,20H,4-6,13,15H2,1-3H3,(H,25,28)/t20-/m0/s1. The molecule has 1 N–H and O–H groups in total. The maximum absolute atomic E-state index is 12.7. The summed E-state index contributed by atoms with van der Waals surface area (Å²) >= 11 is 6.14. The van der Waals surface area contributed by atoms with Crippen LogP contribution >= 0.6 is 11.6 Å². The molecule has 0 spiro atoms. The molecule has 31 heavy (non-hydrogen) atoms. The van der Waals surface area contributed by atoms with Gasteiger partial charge in [-0.1, -0.05) is 11.6 Å². The quantitative estimate of drug-likeness (QED) is 0.664. The summed E-state index contributed by atoms with van der Waals surface area (Å²) in [6.07, 6.45) is 1.65. The Balaban J connectivity index is 1.69. The van der Waals surface area contributed by atoms with Gasteiger partial charge in [0.25, 0.3) is 0 Å². The van der Waals surface area contributed by atoms with Crippen molar-refractivity contribution in [2.24, 2.45) is 0 Å². The molecule has 0 radical (unpaired) electrons. The number of rotatable bonds is 8. The zero-order chi connectivity index (χ0) is 22.4. The number of halogens is 1. The second-order valence-electron chi connectivity index (χ2n) is 7.56. The van der Waals surface area contributed by atoms with Crippen LogP contribution in [0.1, 0.15) is 19.8 Å². The van der Waals surface area contributed by atoms with E-state index in [0.29, 0.717) is 35.4 Å². The van der Waals surface area contributed by atoms with Crippen LogP contribution in [0.4, 0.5) is 5.69 Å². The van der Waals surface area contributed by atoms with Gasteiger partial charge in [-0.15, -0.1) is 0 Å². The third-order valence-corrected chi connectivity index (χ3v) is 5.25. The van der Waals surface area contributed by atoms with E-state index in [1.54, 1.807) is 49.3 Å². The van der Waals surface area contributed by atoms with Gasteiger partial charge in [0.2, 0.25) is 11.8 Å². The van der Waals surface area contributed by atoms with E-state index in [9.17, 15) is 9.59 Å². The summed E-state index contributed by atoms with van der Waals surface area (Å²) in [6, 6.07) is 12.0. The molecule has 1 aliphatic heterocycles. The third kappa shape index (κ3) is 6.12. The van der Waals surface area contributed by atoms with Crippen molar-refractivity contribution in [3.8, 4) is 17.2 Å². The first-order chi connectivity index (χ1) is 14.9. The lowest BCUT2D eigenvalue weighted by molar-refractivity contribution is -0.133. The lowest BCUT2D eigenvalue weighted by Gasteiger charge is -2.25. The number of likely N-dealkylation sites (tertiary alicyclic amines) is 1. The first kappa shape index (κ1) is 22.9. The zero-order valence-electron chi connectivity index (χ0n) is 18.1. The van der Waals surface area contributed by atoms with Crippen LogP contribution in [0.3, 0.4) is 0 Å². The molecule has 0 aliphatic carbocycles. The summed E-state index contributed by atoms with van der Waals surface area (Å²) in [6.45, 7) is 3.35. The van der Waals surface area contributed by atoms with Crippen LogP contribution in [0.2, 0.25) is 5.02 Å². The molecule has 2 amide bonds. The third-order valence-electron chi connectivity index (χ3n) is 5.01. The average molecular weight is 446 g/mol. The smallest absolute Gasteiger partial charge is 0.239 e. The normalized spacial score (nSPS) is 16.1. The molecular formula is C23H28ClN3O4. The molecule has 1 atom stereocenters. The minimum absolute atomic E-state index is 0.0209. The number of nitrogens with zero attached hydrogens (tertiary/aromatic N) is 2. The highest BCUT2D eigenvalue weighted by Gasteiger charge is 2.32. The SMILES string of the molecule is CCOc1ccc(Oc2ccc(Cl)cc2NC(=O)CN2CCC[C@H]2C(=O)N(C)C)cc1. The molecule has 166 valence electrons. The molecule has 2 aromatic carbocycles. The highest BCUT2D eigenvalue weighted by atomic mass is 35.5. The first-order valence-electron chi connectivity index (χ1n) is 10.3. The minimum atomic E-state index is -0.264. The number of benzene rings is 2. The van der Waals surface area contributed by atoms with Gasteiger partial charge >= 0.3 is 0 Å². The predicted molar refractivity (Wildman–Crippen MR) is 121 cm³/mol. The van der Waals surface area contributed by atoms with Gasteiger partial charge in [-0.3, -0.25) is 14.5 Å². The first-order valence-corrected chi connectivity index (χ1v) is 10.7. The largest absolute Gasteiger partial charge is 0.494 e. The van der Waals surface area contributed by atoms with Gasteiger partial charge in [-0.2, -0.15) is 0 Å². The van der Waals surface area contributed by atoms with Crippen molar-refractivity contribution in [2.75, 3.05) is 39.1 Å². The molecule has 1 heterocycles. The van der Waals surface area contributed by atoms with Gasteiger partial charge in [-0.25, -0.2) is 0 Å². The van der Waals surface area contributed by atoms with Gasteiger partial charge in [0.15, 0.2) is 5.75 Å². The van der Waals surface area contributed by atoms with Gasteiger partial charge in [-0.05, 0) is 68.8 Å². The van der Waals surface area contributed by atoms with Crippen LogP contribution in [0.15, 0.2) is 42.5 Å². The van der Waals surface area contributed by atoms with E-state index < -0.39 is 0 Å². The number of amides is 2. The Hall–Kier alpha value is -2.77. The van der Waals surface area contributed by atoms with Gasteiger partial charge in [0, 0.05) is 19.1 Å². The van der Waals surface area contributed by atoms with E-state index in [-0.39, 0.29) is 24.4 Å². The Morgan fingerprint density at radius 3 is 2.55 bits per heavy atom. The van der Waals surface area contributed by atoms with E-state index in [1.807, 2.05) is 24.0 Å². The van der Waals surface area contributed by atoms with Crippen molar-refractivity contribution in [1.82, 2.24) is 9.80 Å². The van der Waals surface area contributed by atoms with Crippen molar-refractivity contribution < 1.29 is 19.1 Å². The topological polar surface area (TPSA) is 71.1 Å². The number of hydrogen-bond donors (Lipinski definition) is 1. The van der Waals surface area contributed by atoms with Crippen molar-refractivity contribution in [3.05, 3.63) is 47.5 Å². The summed E-state index contributed by atoms with van der Waals surface area (Å²) in [4.78, 5) is 28.6. The fourth-order valence-electron chi connectivity index (χ4n) is 3.55. The van der Waals surface area contributed by atoms with Crippen LogP contribution in [0.25, 0.3) is 0 Å². The van der Waals surface area contributed by atoms with Crippen LogP contribution in [-0.2, 0) is 9.59 Å². The van der Waals surface area contributed by atoms with Crippen LogP contribution in [-0.4, -0.2) is 61.4 Å². The minimum Gasteiger partial charge on any atom is -0.494 e. The summed E-state index contributed by atoms with van der Waals surface area (Å²) in [7, 11) is 3.46. The number of ether oxygens (including phenoxy) is 2. The Morgan fingerprint density at radius 1 is 1.16 bits per heavy atom. The Labute approximate surface area is 187 Å². The molecule has 0 aromatic heterocycles. The zero-order valence-corrected chi connectivity index (χ0v) is 18.8. The maximum atomic E-state index is 12.7. The van der Waals surface area contributed by atoms with Crippen LogP contribution in [0.5, 0.6) is 17.2 Å². The van der Waals surface area contributed by atoms with E-state index in [4.69, 9.17) is 21.1 Å². The Morgan fingerprint density at radius 2 is 1.87 bits per heavy atom. The molecule has 0 unspecified atom stereocenters. The number of nitrogens with one attached hydrogen (secondary N) is 1. The lowest BCUT2D eigenvalue weighted by atomic mass is 10.2. The molecule has 0 bridgehead atoms. The van der Waals surface area contributed by atoms with Crippen molar-refractivity contribution >= 4 is 29.1 Å². The fraction of sp³-hybridized carbons (Fsp3) is 0.391. The summed E-state index contributed by atoms with van der Waals surface area (Å²) < 4.78 is 11.4. The summed E-state index contributed by atoms with van der Waals surface area (Å²) in [5, 5.41) is 3.36. The van der Waals surface area contributed by atoms with Gasteiger partial charge in [0.1, 0.15) is 11.5 Å². The van der Waals surface area contributed by atoms with E-state index >= 15 is 0 Å². The molecule has 3 rings (SSSR count). The predicted octanol–water partition coefficient (Wildman–Crippen LogP) is 4.02. The number of likely N-dealkylation sites (N-methyl/N-ethyl adjacent to an activating group) is 1. The van der Waals surface area contributed by atoms with Gasteiger partial charge in [0.05, 0.1) is 24.9 Å². The molecule has 1 fully saturated rings. The lowest BCUT2D eigenvalue weighted by Crippen LogP contribution is -2.45. The maximum Gasteiger partial charge on any atom is 0.239 e. The van der Waals surface area contributed by atoms with E-state index in [2.05, 4.69) is 5.32 Å². The van der Waals surface area contributed by atoms with Crippen molar-refractivity contribution in [3.63, 3.8) is 0 Å². The molecule has 8 heteroatoms. The molecule has 0 saturated carbocycles. The summed E-state index contributed by atoms with van der Waals surface area (Å²) in [5.41, 5.74) is 0.473. The van der Waals surface area contributed by atoms with E-state index in [0.717, 1.165) is 18.6 Å². The summed E-state index contributed by atoms with van der Waals surface area (Å²) in [5.74, 6) is 1.64. The average Bonchev–Trinajstić information content (AvgIpc) is 3.18.